The standard InChI is InChI=1S/C22H27N3O2/c1-16(2)27-22-13-18(9-8-17-6-7-17)10-11-20(22)21-15-25(24-23-21)14-19-5-3-4-12-26-19/h10-11,13,15-17,19H,3-7,12,14H2,1-2H3. The van der Waals surface area contributed by atoms with E-state index < -0.39 is 0 Å². The molecule has 0 amide bonds. The Morgan fingerprint density at radius 2 is 2.15 bits per heavy atom. The molecule has 2 fully saturated rings. The van der Waals surface area contributed by atoms with E-state index in [4.69, 9.17) is 9.47 Å². The highest BCUT2D eigenvalue weighted by molar-refractivity contribution is 5.68. The van der Waals surface area contributed by atoms with Crippen molar-refractivity contribution in [3.63, 3.8) is 0 Å². The van der Waals surface area contributed by atoms with E-state index in [1.807, 2.05) is 42.9 Å². The van der Waals surface area contributed by atoms with Crippen LogP contribution in [0.2, 0.25) is 0 Å². The largest absolute Gasteiger partial charge is 0.490 e. The van der Waals surface area contributed by atoms with Crippen LogP contribution in [0.3, 0.4) is 0 Å². The van der Waals surface area contributed by atoms with Gasteiger partial charge in [0.15, 0.2) is 0 Å². The molecular formula is C22H27N3O2. The van der Waals surface area contributed by atoms with Crippen LogP contribution < -0.4 is 4.74 Å². The molecular weight excluding hydrogens is 338 g/mol. The molecule has 1 saturated carbocycles. The lowest BCUT2D eigenvalue weighted by molar-refractivity contribution is 0.00370. The summed E-state index contributed by atoms with van der Waals surface area (Å²) in [4.78, 5) is 0. The summed E-state index contributed by atoms with van der Waals surface area (Å²) in [5.74, 6) is 7.98. The molecule has 27 heavy (non-hydrogen) atoms. The topological polar surface area (TPSA) is 49.2 Å². The molecule has 5 nitrogen and oxygen atoms in total. The van der Waals surface area contributed by atoms with E-state index in [0.29, 0.717) is 5.92 Å². The zero-order chi connectivity index (χ0) is 18.6. The Hall–Kier alpha value is -2.32. The number of nitrogens with zero attached hydrogens (tertiary/aromatic N) is 3. The van der Waals surface area contributed by atoms with Crippen molar-refractivity contribution >= 4 is 0 Å². The van der Waals surface area contributed by atoms with Crippen LogP contribution in [0.1, 0.15) is 51.5 Å². The minimum absolute atomic E-state index is 0.0843. The third-order valence-corrected chi connectivity index (χ3v) is 4.82. The van der Waals surface area contributed by atoms with Gasteiger partial charge >= 0.3 is 0 Å². The summed E-state index contributed by atoms with van der Waals surface area (Å²) in [5, 5.41) is 8.68. The van der Waals surface area contributed by atoms with Gasteiger partial charge in [-0.15, -0.1) is 5.10 Å². The lowest BCUT2D eigenvalue weighted by Crippen LogP contribution is -2.24. The maximum atomic E-state index is 6.05. The Bertz CT molecular complexity index is 837. The van der Waals surface area contributed by atoms with Gasteiger partial charge in [0.25, 0.3) is 0 Å². The fraction of sp³-hybridized carbons (Fsp3) is 0.545. The van der Waals surface area contributed by atoms with Gasteiger partial charge in [0.2, 0.25) is 0 Å². The smallest absolute Gasteiger partial charge is 0.130 e. The van der Waals surface area contributed by atoms with Gasteiger partial charge in [-0.05, 0) is 64.2 Å². The Kier molecular flexibility index (Phi) is 5.45. The van der Waals surface area contributed by atoms with E-state index in [9.17, 15) is 0 Å². The SMILES string of the molecule is CC(C)Oc1cc(C#CC2CC2)ccc1-c1cn(CC2CCCCO2)nn1. The number of hydrogen-bond donors (Lipinski definition) is 0. The van der Waals surface area contributed by atoms with Crippen LogP contribution in [0.5, 0.6) is 5.75 Å². The number of aromatic nitrogens is 3. The van der Waals surface area contributed by atoms with Gasteiger partial charge in [-0.3, -0.25) is 0 Å². The Morgan fingerprint density at radius 3 is 2.89 bits per heavy atom. The second-order valence-corrected chi connectivity index (χ2v) is 7.74. The van der Waals surface area contributed by atoms with Gasteiger partial charge in [0, 0.05) is 23.7 Å². The lowest BCUT2D eigenvalue weighted by atomic mass is 10.1. The molecule has 2 aromatic rings. The van der Waals surface area contributed by atoms with Crippen LogP contribution in [0.15, 0.2) is 24.4 Å². The van der Waals surface area contributed by atoms with Gasteiger partial charge in [-0.25, -0.2) is 4.68 Å². The van der Waals surface area contributed by atoms with Crippen LogP contribution in [-0.2, 0) is 11.3 Å². The summed E-state index contributed by atoms with van der Waals surface area (Å²) in [6.07, 6.45) is 8.23. The first-order valence-corrected chi connectivity index (χ1v) is 10.0. The Labute approximate surface area is 161 Å². The first-order chi connectivity index (χ1) is 13.2. The van der Waals surface area contributed by atoms with E-state index >= 15 is 0 Å². The third-order valence-electron chi connectivity index (χ3n) is 4.82. The Morgan fingerprint density at radius 1 is 1.26 bits per heavy atom. The third kappa shape index (κ3) is 4.90. The van der Waals surface area contributed by atoms with E-state index in [-0.39, 0.29) is 12.2 Å². The maximum absolute atomic E-state index is 6.05. The highest BCUT2D eigenvalue weighted by atomic mass is 16.5. The van der Waals surface area contributed by atoms with Gasteiger partial charge in [0.1, 0.15) is 11.4 Å². The molecule has 2 heterocycles. The zero-order valence-corrected chi connectivity index (χ0v) is 16.1. The average Bonchev–Trinajstić information content (AvgIpc) is 3.38. The summed E-state index contributed by atoms with van der Waals surface area (Å²) in [5.41, 5.74) is 2.77. The summed E-state index contributed by atoms with van der Waals surface area (Å²) in [7, 11) is 0. The molecule has 4 rings (SSSR count). The first-order valence-electron chi connectivity index (χ1n) is 10.0. The van der Waals surface area contributed by atoms with E-state index in [2.05, 4.69) is 22.2 Å². The molecule has 0 radical (unpaired) electrons. The molecule has 1 atom stereocenters. The molecule has 0 bridgehead atoms. The van der Waals surface area contributed by atoms with Crippen LogP contribution in [-0.4, -0.2) is 33.8 Å². The monoisotopic (exact) mass is 365 g/mol. The molecule has 142 valence electrons. The van der Waals surface area contributed by atoms with Crippen LogP contribution in [0.25, 0.3) is 11.3 Å². The van der Waals surface area contributed by atoms with Gasteiger partial charge in [-0.2, -0.15) is 0 Å². The molecule has 5 heteroatoms. The highest BCUT2D eigenvalue weighted by Crippen LogP contribution is 2.31. The summed E-state index contributed by atoms with van der Waals surface area (Å²) >= 11 is 0. The number of ether oxygens (including phenoxy) is 2. The predicted octanol–water partition coefficient (Wildman–Crippen LogP) is 4.06. The molecule has 1 saturated heterocycles. The molecule has 0 spiro atoms. The van der Waals surface area contributed by atoms with Crippen molar-refractivity contribution in [3.8, 4) is 28.8 Å². The Balaban J connectivity index is 1.55. The van der Waals surface area contributed by atoms with Crippen molar-refractivity contribution < 1.29 is 9.47 Å². The minimum atomic E-state index is 0.0843. The molecule has 1 aliphatic carbocycles. The van der Waals surface area contributed by atoms with Crippen LogP contribution in [0.4, 0.5) is 0 Å². The van der Waals surface area contributed by atoms with Crippen molar-refractivity contribution in [3.05, 3.63) is 30.0 Å². The van der Waals surface area contributed by atoms with Crippen molar-refractivity contribution in [1.82, 2.24) is 15.0 Å². The predicted molar refractivity (Wildman–Crippen MR) is 104 cm³/mol. The van der Waals surface area contributed by atoms with Gasteiger partial charge in [0.05, 0.1) is 24.9 Å². The first kappa shape index (κ1) is 18.1. The van der Waals surface area contributed by atoms with E-state index in [1.165, 1.54) is 19.3 Å². The van der Waals surface area contributed by atoms with Crippen molar-refractivity contribution in [2.24, 2.45) is 5.92 Å². The molecule has 2 aliphatic rings. The van der Waals surface area contributed by atoms with Crippen molar-refractivity contribution in [2.45, 2.75) is 64.7 Å². The van der Waals surface area contributed by atoms with Crippen LogP contribution in [0, 0.1) is 17.8 Å². The van der Waals surface area contributed by atoms with E-state index in [1.54, 1.807) is 0 Å². The summed E-state index contributed by atoms with van der Waals surface area (Å²) in [6, 6.07) is 6.11. The molecule has 1 aromatic heterocycles. The molecule has 1 unspecified atom stereocenters. The van der Waals surface area contributed by atoms with Crippen molar-refractivity contribution in [2.75, 3.05) is 6.61 Å². The summed E-state index contributed by atoms with van der Waals surface area (Å²) < 4.78 is 13.7. The fourth-order valence-electron chi connectivity index (χ4n) is 3.25. The lowest BCUT2D eigenvalue weighted by Gasteiger charge is -2.21. The fourth-order valence-corrected chi connectivity index (χ4v) is 3.25. The van der Waals surface area contributed by atoms with E-state index in [0.717, 1.165) is 48.6 Å². The van der Waals surface area contributed by atoms with Crippen molar-refractivity contribution in [1.29, 1.82) is 0 Å². The average molecular weight is 365 g/mol. The van der Waals surface area contributed by atoms with Gasteiger partial charge < -0.3 is 9.47 Å². The molecule has 1 aromatic carbocycles. The number of benzene rings is 1. The second kappa shape index (κ2) is 8.14. The highest BCUT2D eigenvalue weighted by Gasteiger charge is 2.19. The summed E-state index contributed by atoms with van der Waals surface area (Å²) in [6.45, 7) is 5.66. The quantitative estimate of drug-likeness (QED) is 0.750. The maximum Gasteiger partial charge on any atom is 0.130 e. The molecule has 0 N–H and O–H groups in total. The number of rotatable bonds is 5. The number of hydrogen-bond acceptors (Lipinski definition) is 4. The minimum Gasteiger partial charge on any atom is -0.490 e. The van der Waals surface area contributed by atoms with Crippen LogP contribution >= 0.6 is 0 Å². The zero-order valence-electron chi connectivity index (χ0n) is 16.1. The van der Waals surface area contributed by atoms with Gasteiger partial charge in [-0.1, -0.05) is 17.1 Å². The second-order valence-electron chi connectivity index (χ2n) is 7.74. The molecule has 1 aliphatic heterocycles. The normalized spacial score (nSPS) is 19.6.